The minimum Gasteiger partial charge on any atom is -0.497 e. The number of rotatable bonds is 5. The van der Waals surface area contributed by atoms with E-state index in [1.54, 1.807) is 7.11 Å². The standard InChI is InChI=1S/C16H16N4O2S/c1-10-7-8-23-14(10)16(21)17-9-13-18-15(20-19-13)11-3-5-12(22-2)6-4-11/h3-8H,9H2,1-2H3,(H,17,21)(H,18,19,20). The number of hydrogen-bond donors (Lipinski definition) is 2. The van der Waals surface area contributed by atoms with E-state index in [1.165, 1.54) is 11.3 Å². The van der Waals surface area contributed by atoms with Crippen molar-refractivity contribution in [1.29, 1.82) is 0 Å². The Kier molecular flexibility index (Phi) is 4.38. The summed E-state index contributed by atoms with van der Waals surface area (Å²) in [7, 11) is 1.62. The predicted molar refractivity (Wildman–Crippen MR) is 88.6 cm³/mol. The molecule has 2 aromatic heterocycles. The summed E-state index contributed by atoms with van der Waals surface area (Å²) < 4.78 is 5.13. The highest BCUT2D eigenvalue weighted by Crippen LogP contribution is 2.19. The van der Waals surface area contributed by atoms with Crippen LogP contribution in [-0.2, 0) is 6.54 Å². The molecule has 0 fully saturated rings. The van der Waals surface area contributed by atoms with Gasteiger partial charge in [0, 0.05) is 5.56 Å². The van der Waals surface area contributed by atoms with Gasteiger partial charge in [0.1, 0.15) is 11.6 Å². The van der Waals surface area contributed by atoms with Crippen LogP contribution in [0.4, 0.5) is 0 Å². The van der Waals surface area contributed by atoms with Gasteiger partial charge in [-0.05, 0) is 48.2 Å². The third-order valence-corrected chi connectivity index (χ3v) is 4.38. The van der Waals surface area contributed by atoms with Gasteiger partial charge in [0.2, 0.25) is 0 Å². The largest absolute Gasteiger partial charge is 0.497 e. The number of aromatic amines is 1. The summed E-state index contributed by atoms with van der Waals surface area (Å²) in [5.74, 6) is 1.88. The van der Waals surface area contributed by atoms with Crippen molar-refractivity contribution >= 4 is 17.2 Å². The topological polar surface area (TPSA) is 79.9 Å². The van der Waals surface area contributed by atoms with E-state index in [9.17, 15) is 4.79 Å². The van der Waals surface area contributed by atoms with Crippen molar-refractivity contribution < 1.29 is 9.53 Å². The monoisotopic (exact) mass is 328 g/mol. The number of nitrogens with zero attached hydrogens (tertiary/aromatic N) is 2. The number of aromatic nitrogens is 3. The van der Waals surface area contributed by atoms with Crippen LogP contribution in [0.5, 0.6) is 5.75 Å². The van der Waals surface area contributed by atoms with Crippen LogP contribution in [0, 0.1) is 6.92 Å². The lowest BCUT2D eigenvalue weighted by Gasteiger charge is -2.01. The van der Waals surface area contributed by atoms with Crippen LogP contribution >= 0.6 is 11.3 Å². The number of methoxy groups -OCH3 is 1. The summed E-state index contributed by atoms with van der Waals surface area (Å²) in [4.78, 5) is 17.2. The maximum atomic E-state index is 12.1. The third-order valence-electron chi connectivity index (χ3n) is 3.36. The molecule has 3 aromatic rings. The number of benzene rings is 1. The molecule has 1 aromatic carbocycles. The van der Waals surface area contributed by atoms with Crippen molar-refractivity contribution in [1.82, 2.24) is 20.5 Å². The molecule has 118 valence electrons. The van der Waals surface area contributed by atoms with Crippen molar-refractivity contribution in [2.45, 2.75) is 13.5 Å². The molecule has 3 rings (SSSR count). The van der Waals surface area contributed by atoms with Crippen molar-refractivity contribution in [2.75, 3.05) is 7.11 Å². The van der Waals surface area contributed by atoms with Crippen molar-refractivity contribution in [3.05, 3.63) is 52.0 Å². The second-order valence-corrected chi connectivity index (χ2v) is 5.87. The minimum absolute atomic E-state index is 0.0973. The number of H-pyrrole nitrogens is 1. The van der Waals surface area contributed by atoms with Crippen LogP contribution in [0.15, 0.2) is 35.7 Å². The van der Waals surface area contributed by atoms with Gasteiger partial charge in [0.05, 0.1) is 18.5 Å². The molecule has 0 unspecified atom stereocenters. The van der Waals surface area contributed by atoms with Gasteiger partial charge in [-0.3, -0.25) is 9.89 Å². The Morgan fingerprint density at radius 1 is 1.30 bits per heavy atom. The molecule has 7 heteroatoms. The maximum absolute atomic E-state index is 12.1. The van der Waals surface area contributed by atoms with E-state index >= 15 is 0 Å². The van der Waals surface area contributed by atoms with E-state index in [-0.39, 0.29) is 5.91 Å². The average Bonchev–Trinajstić information content (AvgIpc) is 3.22. The molecule has 23 heavy (non-hydrogen) atoms. The van der Waals surface area contributed by atoms with Gasteiger partial charge in [0.25, 0.3) is 5.91 Å². The fraction of sp³-hybridized carbons (Fsp3) is 0.188. The number of hydrogen-bond acceptors (Lipinski definition) is 5. The van der Waals surface area contributed by atoms with Gasteiger partial charge in [0.15, 0.2) is 5.82 Å². The van der Waals surface area contributed by atoms with Gasteiger partial charge in [-0.25, -0.2) is 4.98 Å². The van der Waals surface area contributed by atoms with Crippen LogP contribution < -0.4 is 10.1 Å². The quantitative estimate of drug-likeness (QED) is 0.755. The summed E-state index contributed by atoms with van der Waals surface area (Å²) in [6.07, 6.45) is 0. The number of carbonyl (C=O) groups excluding carboxylic acids is 1. The first-order valence-corrected chi connectivity index (χ1v) is 7.93. The summed E-state index contributed by atoms with van der Waals surface area (Å²) in [6, 6.07) is 9.41. The molecule has 0 atom stereocenters. The van der Waals surface area contributed by atoms with Crippen molar-refractivity contribution in [3.63, 3.8) is 0 Å². The van der Waals surface area contributed by atoms with Crippen LogP contribution in [0.2, 0.25) is 0 Å². The second kappa shape index (κ2) is 6.62. The molecule has 2 N–H and O–H groups in total. The Hall–Kier alpha value is -2.67. The first-order chi connectivity index (χ1) is 11.2. The molecule has 0 radical (unpaired) electrons. The molecule has 0 bridgehead atoms. The fourth-order valence-corrected chi connectivity index (χ4v) is 2.93. The van der Waals surface area contributed by atoms with Gasteiger partial charge in [-0.15, -0.1) is 11.3 Å². The second-order valence-electron chi connectivity index (χ2n) is 4.95. The van der Waals surface area contributed by atoms with Gasteiger partial charge >= 0.3 is 0 Å². The zero-order valence-electron chi connectivity index (χ0n) is 12.8. The number of amides is 1. The molecule has 0 spiro atoms. The summed E-state index contributed by atoms with van der Waals surface area (Å²) in [5.41, 5.74) is 1.86. The van der Waals surface area contributed by atoms with E-state index in [4.69, 9.17) is 4.74 Å². The number of nitrogens with one attached hydrogen (secondary N) is 2. The highest BCUT2D eigenvalue weighted by atomic mass is 32.1. The number of aryl methyl sites for hydroxylation is 1. The molecule has 0 aliphatic carbocycles. The summed E-state index contributed by atoms with van der Waals surface area (Å²) >= 11 is 1.43. The predicted octanol–water partition coefficient (Wildman–Crippen LogP) is 2.78. The number of carbonyl (C=O) groups is 1. The van der Waals surface area contributed by atoms with Crippen LogP contribution in [0.1, 0.15) is 21.1 Å². The Bertz CT molecular complexity index is 808. The molecule has 6 nitrogen and oxygen atoms in total. The lowest BCUT2D eigenvalue weighted by atomic mass is 10.2. The first-order valence-electron chi connectivity index (χ1n) is 7.05. The molecule has 2 heterocycles. The van der Waals surface area contributed by atoms with Crippen LogP contribution in [0.25, 0.3) is 11.4 Å². The first kappa shape index (κ1) is 15.2. The lowest BCUT2D eigenvalue weighted by Crippen LogP contribution is -2.23. The van der Waals surface area contributed by atoms with E-state index in [1.807, 2.05) is 42.6 Å². The Balaban J connectivity index is 1.65. The minimum atomic E-state index is -0.0973. The maximum Gasteiger partial charge on any atom is 0.261 e. The van der Waals surface area contributed by atoms with Crippen molar-refractivity contribution in [3.8, 4) is 17.1 Å². The molecule has 1 amide bonds. The number of ether oxygens (including phenoxy) is 1. The molecular weight excluding hydrogens is 312 g/mol. The third kappa shape index (κ3) is 3.40. The molecular formula is C16H16N4O2S. The molecule has 0 saturated heterocycles. The Morgan fingerprint density at radius 2 is 2.09 bits per heavy atom. The number of thiophene rings is 1. The highest BCUT2D eigenvalue weighted by molar-refractivity contribution is 7.12. The zero-order valence-corrected chi connectivity index (χ0v) is 13.6. The van der Waals surface area contributed by atoms with E-state index < -0.39 is 0 Å². The average molecular weight is 328 g/mol. The summed E-state index contributed by atoms with van der Waals surface area (Å²) in [5, 5.41) is 11.8. The van der Waals surface area contributed by atoms with Crippen LogP contribution in [0.3, 0.4) is 0 Å². The molecule has 0 saturated carbocycles. The fourth-order valence-electron chi connectivity index (χ4n) is 2.09. The Morgan fingerprint density at radius 3 is 2.74 bits per heavy atom. The van der Waals surface area contributed by atoms with E-state index in [2.05, 4.69) is 20.5 Å². The SMILES string of the molecule is COc1ccc(-c2n[nH]c(CNC(=O)c3sccc3C)n2)cc1. The lowest BCUT2D eigenvalue weighted by molar-refractivity contribution is 0.0953. The van der Waals surface area contributed by atoms with E-state index in [0.29, 0.717) is 18.2 Å². The zero-order chi connectivity index (χ0) is 16.2. The van der Waals surface area contributed by atoms with Crippen LogP contribution in [-0.4, -0.2) is 28.2 Å². The van der Waals surface area contributed by atoms with Gasteiger partial charge in [-0.1, -0.05) is 0 Å². The Labute approximate surface area is 137 Å². The van der Waals surface area contributed by atoms with Gasteiger partial charge < -0.3 is 10.1 Å². The van der Waals surface area contributed by atoms with Gasteiger partial charge in [-0.2, -0.15) is 5.10 Å². The smallest absolute Gasteiger partial charge is 0.261 e. The molecule has 0 aliphatic heterocycles. The molecule has 0 aliphatic rings. The normalized spacial score (nSPS) is 10.5. The summed E-state index contributed by atoms with van der Waals surface area (Å²) in [6.45, 7) is 2.22. The van der Waals surface area contributed by atoms with Crippen molar-refractivity contribution in [2.24, 2.45) is 0 Å². The highest BCUT2D eigenvalue weighted by Gasteiger charge is 2.11. The van der Waals surface area contributed by atoms with E-state index in [0.717, 1.165) is 21.8 Å².